The highest BCUT2D eigenvalue weighted by Crippen LogP contribution is 2.01. The zero-order chi connectivity index (χ0) is 9.94. The highest BCUT2D eigenvalue weighted by Gasteiger charge is 2.01. The Kier molecular flexibility index (Phi) is 9.94. The molecule has 0 amide bonds. The lowest BCUT2D eigenvalue weighted by Gasteiger charge is -2.17. The maximum atomic E-state index is 10.7. The van der Waals surface area contributed by atoms with Crippen molar-refractivity contribution >= 4 is 0 Å². The van der Waals surface area contributed by atoms with Gasteiger partial charge in [0.2, 0.25) is 0 Å². The number of nitrogens with zero attached hydrogens (tertiary/aromatic N) is 1. The van der Waals surface area contributed by atoms with Crippen molar-refractivity contribution in [1.29, 1.82) is 0 Å². The molecule has 0 heterocycles. The molecular formula is C11H24NO. The minimum absolute atomic E-state index is 0.0204. The minimum atomic E-state index is -0.0204. The van der Waals surface area contributed by atoms with Crippen molar-refractivity contribution in [2.24, 2.45) is 0 Å². The number of rotatable bonds is 9. The van der Waals surface area contributed by atoms with E-state index >= 15 is 0 Å². The van der Waals surface area contributed by atoms with Crippen molar-refractivity contribution < 1.29 is 5.11 Å². The summed E-state index contributed by atoms with van der Waals surface area (Å²) in [6.07, 6.45) is 7.35. The standard InChI is InChI=1S/C11H24NO/c1-3-5-7-9-12(11-13)10-8-6-4-2/h3-11H2,1-2H3. The van der Waals surface area contributed by atoms with Crippen molar-refractivity contribution in [2.75, 3.05) is 19.8 Å². The van der Waals surface area contributed by atoms with Gasteiger partial charge in [0.25, 0.3) is 0 Å². The van der Waals surface area contributed by atoms with Crippen LogP contribution in [-0.2, 0) is 5.11 Å². The van der Waals surface area contributed by atoms with Crippen LogP contribution in [0.3, 0.4) is 0 Å². The van der Waals surface area contributed by atoms with E-state index in [0.29, 0.717) is 0 Å². The minimum Gasteiger partial charge on any atom is -0.278 e. The predicted molar refractivity (Wildman–Crippen MR) is 56.2 cm³/mol. The molecule has 0 saturated heterocycles. The molecule has 0 aromatic heterocycles. The zero-order valence-corrected chi connectivity index (χ0v) is 9.22. The van der Waals surface area contributed by atoms with Crippen LogP contribution in [0.25, 0.3) is 0 Å². The molecule has 0 atom stereocenters. The molecule has 0 N–H and O–H groups in total. The maximum Gasteiger partial charge on any atom is 0.135 e. The van der Waals surface area contributed by atoms with Gasteiger partial charge >= 0.3 is 0 Å². The molecule has 79 valence electrons. The van der Waals surface area contributed by atoms with E-state index in [9.17, 15) is 5.11 Å². The van der Waals surface area contributed by atoms with E-state index < -0.39 is 0 Å². The Hall–Kier alpha value is -0.0800. The molecule has 0 aromatic rings. The van der Waals surface area contributed by atoms with Crippen LogP contribution >= 0.6 is 0 Å². The Morgan fingerprint density at radius 2 is 1.31 bits per heavy atom. The van der Waals surface area contributed by atoms with E-state index in [1.165, 1.54) is 38.5 Å². The van der Waals surface area contributed by atoms with Crippen LogP contribution in [0, 0.1) is 0 Å². The summed E-state index contributed by atoms with van der Waals surface area (Å²) in [4.78, 5) is 2.03. The molecule has 0 spiro atoms. The molecule has 0 aromatic carbocycles. The molecule has 0 rings (SSSR count). The molecule has 1 radical (unpaired) electrons. The molecule has 0 fully saturated rings. The summed E-state index contributed by atoms with van der Waals surface area (Å²) in [5, 5.41) is 10.7. The Balaban J connectivity index is 3.28. The van der Waals surface area contributed by atoms with Gasteiger partial charge in [-0.15, -0.1) is 0 Å². The van der Waals surface area contributed by atoms with Gasteiger partial charge in [0.15, 0.2) is 0 Å². The summed E-state index contributed by atoms with van der Waals surface area (Å²) >= 11 is 0. The third kappa shape index (κ3) is 8.26. The van der Waals surface area contributed by atoms with Crippen LogP contribution in [0.2, 0.25) is 0 Å². The molecule has 2 nitrogen and oxygen atoms in total. The lowest BCUT2D eigenvalue weighted by Crippen LogP contribution is -2.26. The Morgan fingerprint density at radius 3 is 1.62 bits per heavy atom. The van der Waals surface area contributed by atoms with Crippen molar-refractivity contribution in [3.05, 3.63) is 0 Å². The molecule has 0 saturated carbocycles. The average molecular weight is 186 g/mol. The molecule has 0 aliphatic carbocycles. The van der Waals surface area contributed by atoms with Crippen molar-refractivity contribution in [1.82, 2.24) is 4.90 Å². The molecule has 0 unspecified atom stereocenters. The summed E-state index contributed by atoms with van der Waals surface area (Å²) in [5.41, 5.74) is 0. The lowest BCUT2D eigenvalue weighted by molar-refractivity contribution is 0.0488. The van der Waals surface area contributed by atoms with Gasteiger partial charge in [-0.05, 0) is 12.8 Å². The first-order chi connectivity index (χ1) is 6.35. The van der Waals surface area contributed by atoms with Crippen LogP contribution in [-0.4, -0.2) is 24.7 Å². The second-order valence-electron chi connectivity index (χ2n) is 3.66. The third-order valence-corrected chi connectivity index (χ3v) is 2.34. The first kappa shape index (κ1) is 12.9. The van der Waals surface area contributed by atoms with E-state index in [1.807, 2.05) is 4.90 Å². The Bertz CT molecular complexity index is 86.1. The van der Waals surface area contributed by atoms with Gasteiger partial charge < -0.3 is 0 Å². The highest BCUT2D eigenvalue weighted by molar-refractivity contribution is 4.53. The fourth-order valence-corrected chi connectivity index (χ4v) is 1.41. The second-order valence-corrected chi connectivity index (χ2v) is 3.66. The molecule has 13 heavy (non-hydrogen) atoms. The molecule has 0 aliphatic rings. The Labute approximate surface area is 82.9 Å². The van der Waals surface area contributed by atoms with Gasteiger partial charge in [-0.3, -0.25) is 4.90 Å². The summed E-state index contributed by atoms with van der Waals surface area (Å²) < 4.78 is 0. The van der Waals surface area contributed by atoms with Crippen LogP contribution in [0.15, 0.2) is 0 Å². The van der Waals surface area contributed by atoms with Crippen molar-refractivity contribution in [3.8, 4) is 0 Å². The lowest BCUT2D eigenvalue weighted by atomic mass is 10.2. The van der Waals surface area contributed by atoms with E-state index in [0.717, 1.165) is 13.1 Å². The van der Waals surface area contributed by atoms with E-state index in [1.54, 1.807) is 0 Å². The van der Waals surface area contributed by atoms with Crippen LogP contribution < -0.4 is 0 Å². The summed E-state index contributed by atoms with van der Waals surface area (Å²) in [6.45, 7) is 6.37. The number of hydrogen-bond acceptors (Lipinski definition) is 1. The monoisotopic (exact) mass is 186 g/mol. The topological polar surface area (TPSA) is 23.1 Å². The van der Waals surface area contributed by atoms with Crippen LogP contribution in [0.1, 0.15) is 52.4 Å². The molecule has 2 heteroatoms. The summed E-state index contributed by atoms with van der Waals surface area (Å²) in [7, 11) is 0. The van der Waals surface area contributed by atoms with Crippen LogP contribution in [0.5, 0.6) is 0 Å². The van der Waals surface area contributed by atoms with E-state index in [2.05, 4.69) is 13.8 Å². The van der Waals surface area contributed by atoms with Gasteiger partial charge in [-0.1, -0.05) is 39.5 Å². The first-order valence-corrected chi connectivity index (χ1v) is 5.65. The largest absolute Gasteiger partial charge is 0.278 e. The van der Waals surface area contributed by atoms with Gasteiger partial charge in [-0.25, -0.2) is 5.11 Å². The Morgan fingerprint density at radius 1 is 0.846 bits per heavy atom. The van der Waals surface area contributed by atoms with Crippen molar-refractivity contribution in [3.63, 3.8) is 0 Å². The van der Waals surface area contributed by atoms with Gasteiger partial charge in [0.05, 0.1) is 0 Å². The number of hydrogen-bond donors (Lipinski definition) is 0. The second kappa shape index (κ2) is 10.0. The smallest absolute Gasteiger partial charge is 0.135 e. The maximum absolute atomic E-state index is 10.7. The molecule has 0 aliphatic heterocycles. The normalized spacial score (nSPS) is 11.1. The summed E-state index contributed by atoms with van der Waals surface area (Å²) in [5.74, 6) is 0. The SMILES string of the molecule is CCCCCN(C[O])CCCCC. The van der Waals surface area contributed by atoms with Crippen LogP contribution in [0.4, 0.5) is 0 Å². The quantitative estimate of drug-likeness (QED) is 0.401. The van der Waals surface area contributed by atoms with E-state index in [4.69, 9.17) is 0 Å². The van der Waals surface area contributed by atoms with E-state index in [-0.39, 0.29) is 6.73 Å². The zero-order valence-electron chi connectivity index (χ0n) is 9.22. The third-order valence-electron chi connectivity index (χ3n) is 2.34. The average Bonchev–Trinajstić information content (AvgIpc) is 2.16. The fourth-order valence-electron chi connectivity index (χ4n) is 1.41. The van der Waals surface area contributed by atoms with Gasteiger partial charge in [0, 0.05) is 13.1 Å². The summed E-state index contributed by atoms with van der Waals surface area (Å²) in [6, 6.07) is 0. The highest BCUT2D eigenvalue weighted by atomic mass is 16.3. The molecular weight excluding hydrogens is 162 g/mol. The fraction of sp³-hybridized carbons (Fsp3) is 1.00. The number of unbranched alkanes of at least 4 members (excludes halogenated alkanes) is 4. The predicted octanol–water partition coefficient (Wildman–Crippen LogP) is 3.06. The van der Waals surface area contributed by atoms with Gasteiger partial charge in [-0.2, -0.15) is 0 Å². The first-order valence-electron chi connectivity index (χ1n) is 5.65. The van der Waals surface area contributed by atoms with Gasteiger partial charge in [0.1, 0.15) is 6.73 Å². The molecule has 0 bridgehead atoms. The van der Waals surface area contributed by atoms with Crippen molar-refractivity contribution in [2.45, 2.75) is 52.4 Å².